The predicted octanol–water partition coefficient (Wildman–Crippen LogP) is 5.00. The topological polar surface area (TPSA) is 84.3 Å². The number of benzene rings is 1. The van der Waals surface area contributed by atoms with Crippen molar-refractivity contribution in [1.29, 1.82) is 0 Å². The van der Waals surface area contributed by atoms with Crippen molar-refractivity contribution in [2.24, 2.45) is 11.3 Å². The first-order chi connectivity index (χ1) is 13.7. The van der Waals surface area contributed by atoms with E-state index in [2.05, 4.69) is 31.4 Å². The summed E-state index contributed by atoms with van der Waals surface area (Å²) in [5.74, 6) is 0.611. The second kappa shape index (κ2) is 7.30. The molecule has 0 fully saturated rings. The molecule has 2 atom stereocenters. The van der Waals surface area contributed by atoms with E-state index in [0.717, 1.165) is 35.4 Å². The number of carbonyl (C=O) groups excluding carboxylic acids is 1. The summed E-state index contributed by atoms with van der Waals surface area (Å²) >= 11 is 1.71. The maximum Gasteiger partial charge on any atom is 0.269 e. The number of nitrogens with one attached hydrogen (secondary N) is 2. The van der Waals surface area contributed by atoms with Crippen LogP contribution >= 0.6 is 11.3 Å². The van der Waals surface area contributed by atoms with Gasteiger partial charge >= 0.3 is 0 Å². The zero-order valence-electron chi connectivity index (χ0n) is 16.8. The Morgan fingerprint density at radius 1 is 1.21 bits per heavy atom. The first kappa shape index (κ1) is 19.6. The Morgan fingerprint density at radius 3 is 2.59 bits per heavy atom. The summed E-state index contributed by atoms with van der Waals surface area (Å²) in [5.41, 5.74) is 3.21. The van der Waals surface area contributed by atoms with Gasteiger partial charge in [0.2, 0.25) is 0 Å². The number of fused-ring (bicyclic) bond motifs is 3. The second-order valence-corrected chi connectivity index (χ2v) is 9.92. The van der Waals surface area contributed by atoms with Gasteiger partial charge in [0.1, 0.15) is 11.2 Å². The van der Waals surface area contributed by atoms with Crippen molar-refractivity contribution in [1.82, 2.24) is 5.32 Å². The van der Waals surface area contributed by atoms with Gasteiger partial charge in [-0.3, -0.25) is 14.9 Å². The Kier molecular flexibility index (Phi) is 4.94. The third kappa shape index (κ3) is 3.92. The van der Waals surface area contributed by atoms with E-state index in [0.29, 0.717) is 5.92 Å². The highest BCUT2D eigenvalue weighted by Crippen LogP contribution is 2.45. The van der Waals surface area contributed by atoms with Crippen LogP contribution in [0.4, 0.5) is 10.7 Å². The third-order valence-corrected chi connectivity index (χ3v) is 7.06. The van der Waals surface area contributed by atoms with Crippen LogP contribution in [0.15, 0.2) is 30.3 Å². The average Bonchev–Trinajstić information content (AvgIpc) is 3.04. The van der Waals surface area contributed by atoms with Crippen molar-refractivity contribution >= 4 is 34.0 Å². The van der Waals surface area contributed by atoms with Gasteiger partial charge in [-0.15, -0.1) is 11.3 Å². The first-order valence-electron chi connectivity index (χ1n) is 9.87. The molecule has 2 aromatic rings. The van der Waals surface area contributed by atoms with Crippen molar-refractivity contribution in [2.45, 2.75) is 46.2 Å². The van der Waals surface area contributed by atoms with Crippen LogP contribution < -0.4 is 10.6 Å². The molecule has 2 aliphatic rings. The van der Waals surface area contributed by atoms with Crippen LogP contribution in [0.5, 0.6) is 0 Å². The molecule has 0 radical (unpaired) electrons. The van der Waals surface area contributed by atoms with E-state index < -0.39 is 4.92 Å². The first-order valence-corrected chi connectivity index (χ1v) is 10.7. The molecule has 0 saturated carbocycles. The Hall–Kier alpha value is -2.67. The van der Waals surface area contributed by atoms with Gasteiger partial charge in [-0.1, -0.05) is 26.8 Å². The maximum absolute atomic E-state index is 12.8. The molecule has 2 heterocycles. The highest BCUT2D eigenvalue weighted by Gasteiger charge is 2.35. The lowest BCUT2D eigenvalue weighted by atomic mass is 9.72. The van der Waals surface area contributed by atoms with Crippen molar-refractivity contribution in [3.05, 3.63) is 62.0 Å². The van der Waals surface area contributed by atoms with Crippen molar-refractivity contribution < 1.29 is 9.72 Å². The molecular formula is C22H25N3O3S. The Morgan fingerprint density at radius 2 is 1.93 bits per heavy atom. The summed E-state index contributed by atoms with van der Waals surface area (Å²) in [6.45, 7) is 6.88. The number of nitro benzene ring substituents is 1. The molecule has 1 amide bonds. The summed E-state index contributed by atoms with van der Waals surface area (Å²) in [4.78, 5) is 24.5. The SMILES string of the molecule is CC(C)(C)C1CCc2c(sc3c2C(=O)NC(/C=C/c2ccc([N+](=O)[O-])cc2)N3)C1. The van der Waals surface area contributed by atoms with Crippen molar-refractivity contribution in [3.8, 4) is 0 Å². The molecule has 1 aromatic carbocycles. The molecule has 7 heteroatoms. The van der Waals surface area contributed by atoms with E-state index in [-0.39, 0.29) is 23.2 Å². The predicted molar refractivity (Wildman–Crippen MR) is 116 cm³/mol. The summed E-state index contributed by atoms with van der Waals surface area (Å²) < 4.78 is 0. The van der Waals surface area contributed by atoms with Gasteiger partial charge in [0.15, 0.2) is 0 Å². The number of amides is 1. The van der Waals surface area contributed by atoms with E-state index >= 15 is 0 Å². The number of nitrogens with zero attached hydrogens (tertiary/aromatic N) is 1. The van der Waals surface area contributed by atoms with E-state index in [1.807, 2.05) is 12.2 Å². The Labute approximate surface area is 174 Å². The molecule has 1 aliphatic carbocycles. The fourth-order valence-electron chi connectivity index (χ4n) is 4.07. The van der Waals surface area contributed by atoms with Crippen LogP contribution in [-0.4, -0.2) is 17.0 Å². The van der Waals surface area contributed by atoms with Crippen LogP contribution in [0.25, 0.3) is 6.08 Å². The molecule has 6 nitrogen and oxygen atoms in total. The molecular weight excluding hydrogens is 386 g/mol. The number of non-ortho nitro benzene ring substituents is 1. The number of anilines is 1. The molecule has 1 aromatic heterocycles. The zero-order valence-corrected chi connectivity index (χ0v) is 17.6. The van der Waals surface area contributed by atoms with Gasteiger partial charge in [0, 0.05) is 17.0 Å². The normalized spacial score (nSPS) is 21.3. The van der Waals surface area contributed by atoms with Crippen LogP contribution in [0.3, 0.4) is 0 Å². The van der Waals surface area contributed by atoms with Crippen molar-refractivity contribution in [3.63, 3.8) is 0 Å². The van der Waals surface area contributed by atoms with E-state index in [4.69, 9.17) is 0 Å². The van der Waals surface area contributed by atoms with Crippen LogP contribution in [0.1, 0.15) is 53.6 Å². The molecule has 1 aliphatic heterocycles. The lowest BCUT2D eigenvalue weighted by Crippen LogP contribution is -2.43. The van der Waals surface area contributed by atoms with Gasteiger partial charge in [-0.25, -0.2) is 0 Å². The molecule has 2 unspecified atom stereocenters. The number of hydrogen-bond donors (Lipinski definition) is 2. The van der Waals surface area contributed by atoms with Gasteiger partial charge in [-0.05, 0) is 59.9 Å². The minimum atomic E-state index is -0.416. The minimum absolute atomic E-state index is 0.0243. The molecule has 152 valence electrons. The summed E-state index contributed by atoms with van der Waals surface area (Å²) in [6, 6.07) is 6.34. The fourth-order valence-corrected chi connectivity index (χ4v) is 5.43. The molecule has 0 saturated heterocycles. The van der Waals surface area contributed by atoms with Gasteiger partial charge < -0.3 is 10.6 Å². The number of thiophene rings is 1. The number of nitro groups is 1. The smallest absolute Gasteiger partial charge is 0.269 e. The molecule has 0 bridgehead atoms. The number of rotatable bonds is 3. The lowest BCUT2D eigenvalue weighted by molar-refractivity contribution is -0.384. The van der Waals surface area contributed by atoms with Crippen LogP contribution in [-0.2, 0) is 12.8 Å². The maximum atomic E-state index is 12.8. The monoisotopic (exact) mass is 411 g/mol. The van der Waals surface area contributed by atoms with E-state index in [9.17, 15) is 14.9 Å². The second-order valence-electron chi connectivity index (χ2n) is 8.82. The number of carbonyl (C=O) groups is 1. The Bertz CT molecular complexity index is 986. The zero-order chi connectivity index (χ0) is 20.8. The summed E-state index contributed by atoms with van der Waals surface area (Å²) in [7, 11) is 0. The average molecular weight is 412 g/mol. The largest absolute Gasteiger partial charge is 0.353 e. The lowest BCUT2D eigenvalue weighted by Gasteiger charge is -2.34. The third-order valence-electron chi connectivity index (χ3n) is 5.88. The van der Waals surface area contributed by atoms with Crippen LogP contribution in [0.2, 0.25) is 0 Å². The Balaban J connectivity index is 1.51. The minimum Gasteiger partial charge on any atom is -0.353 e. The van der Waals surface area contributed by atoms with Gasteiger partial charge in [0.25, 0.3) is 11.6 Å². The highest BCUT2D eigenvalue weighted by atomic mass is 32.1. The highest BCUT2D eigenvalue weighted by molar-refractivity contribution is 7.16. The van der Waals surface area contributed by atoms with Gasteiger partial charge in [0.05, 0.1) is 10.5 Å². The molecule has 29 heavy (non-hydrogen) atoms. The van der Waals surface area contributed by atoms with Crippen LogP contribution in [0, 0.1) is 21.4 Å². The quantitative estimate of drug-likeness (QED) is 0.550. The van der Waals surface area contributed by atoms with E-state index in [1.54, 1.807) is 23.5 Å². The van der Waals surface area contributed by atoms with E-state index in [1.165, 1.54) is 22.6 Å². The molecule has 2 N–H and O–H groups in total. The standard InChI is InChI=1S/C22H25N3O3S/c1-22(2,3)14-7-10-16-17(12-14)29-21-19(16)20(26)23-18(24-21)11-6-13-4-8-15(9-5-13)25(27)28/h4-6,8-9,11,14,18,24H,7,10,12H2,1-3H3,(H,23,26)/b11-6+. The number of hydrogen-bond acceptors (Lipinski definition) is 5. The summed E-state index contributed by atoms with van der Waals surface area (Å²) in [5, 5.41) is 18.2. The molecule has 4 rings (SSSR count). The van der Waals surface area contributed by atoms with Crippen molar-refractivity contribution in [2.75, 3.05) is 5.32 Å². The summed E-state index contributed by atoms with van der Waals surface area (Å²) in [6.07, 6.45) is 6.55. The van der Waals surface area contributed by atoms with Gasteiger partial charge in [-0.2, -0.15) is 0 Å². The fraction of sp³-hybridized carbons (Fsp3) is 0.409. The molecule has 0 spiro atoms.